The van der Waals surface area contributed by atoms with Gasteiger partial charge in [0.2, 0.25) is 0 Å². The molecule has 4 nitrogen and oxygen atoms in total. The molecule has 0 N–H and O–H groups in total. The van der Waals surface area contributed by atoms with E-state index in [2.05, 4.69) is 0 Å². The summed E-state index contributed by atoms with van der Waals surface area (Å²) in [5.74, 6) is -0.197. The molecule has 0 saturated carbocycles. The summed E-state index contributed by atoms with van der Waals surface area (Å²) in [6.07, 6.45) is 0.193. The maximum absolute atomic E-state index is 12.1. The van der Waals surface area contributed by atoms with Gasteiger partial charge < -0.3 is 0 Å². The fraction of sp³-hybridized carbons (Fsp3) is 0.0714. The summed E-state index contributed by atoms with van der Waals surface area (Å²) in [5.41, 5.74) is 0.932. The topological polar surface area (TPSA) is 60.2 Å². The zero-order chi connectivity index (χ0) is 13.8. The monoisotopic (exact) mass is 275 g/mol. The lowest BCUT2D eigenvalue weighted by Gasteiger charge is -2.02. The molecule has 0 bridgehead atoms. The average Bonchev–Trinajstić information content (AvgIpc) is 2.39. The van der Waals surface area contributed by atoms with Gasteiger partial charge in [0, 0.05) is 29.1 Å². The number of nitro benzene ring substituents is 1. The van der Waals surface area contributed by atoms with Gasteiger partial charge in [-0.3, -0.25) is 14.9 Å². The Hall–Kier alpha value is -2.20. The lowest BCUT2D eigenvalue weighted by Crippen LogP contribution is -2.04. The maximum Gasteiger partial charge on any atom is 0.271 e. The van der Waals surface area contributed by atoms with Gasteiger partial charge in [-0.1, -0.05) is 41.9 Å². The van der Waals surface area contributed by atoms with E-state index in [-0.39, 0.29) is 28.5 Å². The maximum atomic E-state index is 12.1. The minimum absolute atomic E-state index is 0.177. The molecule has 0 amide bonds. The van der Waals surface area contributed by atoms with Crippen LogP contribution in [0.1, 0.15) is 15.9 Å². The summed E-state index contributed by atoms with van der Waals surface area (Å²) in [7, 11) is 0. The fourth-order valence-corrected chi connectivity index (χ4v) is 1.95. The van der Waals surface area contributed by atoms with Crippen LogP contribution in [0, 0.1) is 10.1 Å². The highest BCUT2D eigenvalue weighted by Crippen LogP contribution is 2.22. The molecule has 0 fully saturated rings. The number of carbonyl (C=O) groups excluding carboxylic acids is 1. The second-order valence-corrected chi connectivity index (χ2v) is 4.48. The summed E-state index contributed by atoms with van der Waals surface area (Å²) >= 11 is 5.78. The van der Waals surface area contributed by atoms with E-state index in [9.17, 15) is 14.9 Å². The Balaban J connectivity index is 2.26. The number of ketones is 1. The Bertz CT molecular complexity index is 626. The molecule has 19 heavy (non-hydrogen) atoms. The SMILES string of the molecule is O=C(Cc1ccccc1)c1cc(Cl)cc([N+](=O)[O-])c1. The normalized spacial score (nSPS) is 10.2. The molecule has 2 rings (SSSR count). The van der Waals surface area contributed by atoms with Crippen molar-refractivity contribution >= 4 is 23.1 Å². The van der Waals surface area contributed by atoms with Crippen LogP contribution in [-0.4, -0.2) is 10.7 Å². The second kappa shape index (κ2) is 5.63. The quantitative estimate of drug-likeness (QED) is 0.486. The van der Waals surface area contributed by atoms with Crippen molar-refractivity contribution in [3.63, 3.8) is 0 Å². The van der Waals surface area contributed by atoms with Crippen LogP contribution < -0.4 is 0 Å². The molecule has 0 aliphatic rings. The van der Waals surface area contributed by atoms with Gasteiger partial charge >= 0.3 is 0 Å². The molecule has 0 saturated heterocycles. The van der Waals surface area contributed by atoms with Gasteiger partial charge in [0.05, 0.1) is 4.92 Å². The summed E-state index contributed by atoms with van der Waals surface area (Å²) in [5, 5.41) is 10.9. The molecule has 2 aromatic carbocycles. The fourth-order valence-electron chi connectivity index (χ4n) is 1.72. The number of halogens is 1. The Kier molecular flexibility index (Phi) is 3.92. The van der Waals surface area contributed by atoms with Gasteiger partial charge in [-0.2, -0.15) is 0 Å². The minimum atomic E-state index is -0.564. The molecule has 0 atom stereocenters. The lowest BCUT2D eigenvalue weighted by molar-refractivity contribution is -0.384. The van der Waals surface area contributed by atoms with E-state index >= 15 is 0 Å². The third-order valence-electron chi connectivity index (χ3n) is 2.62. The van der Waals surface area contributed by atoms with Crippen LogP contribution >= 0.6 is 11.6 Å². The number of nitrogens with zero attached hydrogens (tertiary/aromatic N) is 1. The average molecular weight is 276 g/mol. The van der Waals surface area contributed by atoms with Crippen LogP contribution in [0.2, 0.25) is 5.02 Å². The molecular formula is C14H10ClNO3. The largest absolute Gasteiger partial charge is 0.294 e. The highest BCUT2D eigenvalue weighted by atomic mass is 35.5. The van der Waals surface area contributed by atoms with Crippen LogP contribution in [0.25, 0.3) is 0 Å². The van der Waals surface area contributed by atoms with Crippen LogP contribution in [0.15, 0.2) is 48.5 Å². The van der Waals surface area contributed by atoms with E-state index in [1.165, 1.54) is 18.2 Å². The number of non-ortho nitro benzene ring substituents is 1. The van der Waals surface area contributed by atoms with Crippen molar-refractivity contribution in [2.75, 3.05) is 0 Å². The van der Waals surface area contributed by atoms with Gasteiger partial charge in [-0.05, 0) is 11.6 Å². The first-order valence-electron chi connectivity index (χ1n) is 5.58. The molecule has 0 heterocycles. The van der Waals surface area contributed by atoms with Crippen LogP contribution in [0.4, 0.5) is 5.69 Å². The Morgan fingerprint density at radius 2 is 1.84 bits per heavy atom. The molecule has 96 valence electrons. The number of Topliss-reactive ketones (excluding diaryl/α,β-unsaturated/α-hetero) is 1. The molecule has 0 radical (unpaired) electrons. The van der Waals surface area contributed by atoms with E-state index in [0.29, 0.717) is 0 Å². The lowest BCUT2D eigenvalue weighted by atomic mass is 10.0. The van der Waals surface area contributed by atoms with Gasteiger partial charge in [0.25, 0.3) is 5.69 Å². The van der Waals surface area contributed by atoms with Gasteiger partial charge in [-0.15, -0.1) is 0 Å². The standard InChI is InChI=1S/C14H10ClNO3/c15-12-7-11(8-13(9-12)16(18)19)14(17)6-10-4-2-1-3-5-10/h1-5,7-9H,6H2. The van der Waals surface area contributed by atoms with Crippen LogP contribution in [-0.2, 0) is 6.42 Å². The van der Waals surface area contributed by atoms with Crippen molar-refractivity contribution in [2.45, 2.75) is 6.42 Å². The van der Waals surface area contributed by atoms with E-state index in [1.54, 1.807) is 0 Å². The highest BCUT2D eigenvalue weighted by Gasteiger charge is 2.14. The predicted octanol–water partition coefficient (Wildman–Crippen LogP) is 3.67. The van der Waals surface area contributed by atoms with Crippen molar-refractivity contribution in [3.8, 4) is 0 Å². The van der Waals surface area contributed by atoms with Crippen LogP contribution in [0.5, 0.6) is 0 Å². The number of hydrogen-bond acceptors (Lipinski definition) is 3. The molecule has 0 aliphatic carbocycles. The van der Waals surface area contributed by atoms with Crippen molar-refractivity contribution in [1.29, 1.82) is 0 Å². The molecule has 2 aromatic rings. The number of benzene rings is 2. The van der Waals surface area contributed by atoms with E-state index < -0.39 is 4.92 Å². The molecule has 0 unspecified atom stereocenters. The van der Waals surface area contributed by atoms with Crippen molar-refractivity contribution in [1.82, 2.24) is 0 Å². The van der Waals surface area contributed by atoms with Crippen molar-refractivity contribution in [3.05, 3.63) is 74.8 Å². The first kappa shape index (κ1) is 13.2. The molecule has 0 aliphatic heterocycles. The first-order valence-corrected chi connectivity index (χ1v) is 5.96. The zero-order valence-corrected chi connectivity index (χ0v) is 10.6. The zero-order valence-electron chi connectivity index (χ0n) is 9.88. The summed E-state index contributed by atoms with van der Waals surface area (Å²) in [6, 6.07) is 13.1. The predicted molar refractivity (Wildman–Crippen MR) is 72.6 cm³/mol. The third kappa shape index (κ3) is 3.39. The molecular weight excluding hydrogens is 266 g/mol. The number of nitro groups is 1. The minimum Gasteiger partial charge on any atom is -0.294 e. The summed E-state index contributed by atoms with van der Waals surface area (Å²) in [4.78, 5) is 22.2. The Labute approximate surface area is 114 Å². The number of carbonyl (C=O) groups is 1. The van der Waals surface area contributed by atoms with Gasteiger partial charge in [0.15, 0.2) is 5.78 Å². The van der Waals surface area contributed by atoms with Gasteiger partial charge in [-0.25, -0.2) is 0 Å². The first-order chi connectivity index (χ1) is 9.06. The smallest absolute Gasteiger partial charge is 0.271 e. The molecule has 0 spiro atoms. The summed E-state index contributed by atoms with van der Waals surface area (Å²) < 4.78 is 0. The molecule has 0 aromatic heterocycles. The number of hydrogen-bond donors (Lipinski definition) is 0. The van der Waals surface area contributed by atoms with E-state index in [4.69, 9.17) is 11.6 Å². The Morgan fingerprint density at radius 3 is 2.47 bits per heavy atom. The van der Waals surface area contributed by atoms with Crippen LogP contribution in [0.3, 0.4) is 0 Å². The second-order valence-electron chi connectivity index (χ2n) is 4.04. The van der Waals surface area contributed by atoms with E-state index in [1.807, 2.05) is 30.3 Å². The highest BCUT2D eigenvalue weighted by molar-refractivity contribution is 6.31. The summed E-state index contributed by atoms with van der Waals surface area (Å²) in [6.45, 7) is 0. The van der Waals surface area contributed by atoms with Crippen molar-refractivity contribution in [2.24, 2.45) is 0 Å². The molecule has 5 heteroatoms. The van der Waals surface area contributed by atoms with Crippen molar-refractivity contribution < 1.29 is 9.72 Å². The van der Waals surface area contributed by atoms with E-state index in [0.717, 1.165) is 5.56 Å². The number of rotatable bonds is 4. The third-order valence-corrected chi connectivity index (χ3v) is 2.84. The Morgan fingerprint density at radius 1 is 1.16 bits per heavy atom. The van der Waals surface area contributed by atoms with Gasteiger partial charge in [0.1, 0.15) is 0 Å².